The highest BCUT2D eigenvalue weighted by Gasteiger charge is 2.23. The second-order valence-electron chi connectivity index (χ2n) is 8.54. The van der Waals surface area contributed by atoms with Crippen LogP contribution in [0.1, 0.15) is 22.4 Å². The summed E-state index contributed by atoms with van der Waals surface area (Å²) >= 11 is 0. The van der Waals surface area contributed by atoms with Gasteiger partial charge in [-0.2, -0.15) is 0 Å². The highest BCUT2D eigenvalue weighted by atomic mass is 28.3. The van der Waals surface area contributed by atoms with Gasteiger partial charge < -0.3 is 4.42 Å². The van der Waals surface area contributed by atoms with E-state index in [1.807, 2.05) is 24.5 Å². The molecule has 2 aromatic carbocycles. The largest absolute Gasteiger partial charge is 0.442 e. The smallest absolute Gasteiger partial charge is 0.181 e. The third-order valence-electron chi connectivity index (χ3n) is 5.06. The first-order valence-corrected chi connectivity index (χ1v) is 13.7. The summed E-state index contributed by atoms with van der Waals surface area (Å²) in [5, 5.41) is 0. The van der Waals surface area contributed by atoms with Crippen LogP contribution >= 0.6 is 0 Å². The molecule has 0 N–H and O–H groups in total. The van der Waals surface area contributed by atoms with Gasteiger partial charge in [0.25, 0.3) is 0 Å². The SMILES string of the molecule is C[Si](C)(C)C#Cc1ccc2c(c1)C(c1ccccc1)=NCc1c(-c3cnco3)ncn1-2. The molecule has 1 aliphatic rings. The Labute approximate surface area is 182 Å². The average molecular weight is 423 g/mol. The van der Waals surface area contributed by atoms with E-state index in [9.17, 15) is 0 Å². The maximum Gasteiger partial charge on any atom is 0.181 e. The van der Waals surface area contributed by atoms with Crippen molar-refractivity contribution in [2.24, 2.45) is 4.99 Å². The molecule has 0 saturated heterocycles. The zero-order chi connectivity index (χ0) is 21.4. The molecule has 31 heavy (non-hydrogen) atoms. The van der Waals surface area contributed by atoms with E-state index in [4.69, 9.17) is 9.41 Å². The fourth-order valence-corrected chi connectivity index (χ4v) is 4.15. The third-order valence-corrected chi connectivity index (χ3v) is 5.93. The second kappa shape index (κ2) is 7.53. The summed E-state index contributed by atoms with van der Waals surface area (Å²) in [7, 11) is -1.47. The molecule has 152 valence electrons. The van der Waals surface area contributed by atoms with Crippen molar-refractivity contribution >= 4 is 13.8 Å². The zero-order valence-electron chi connectivity index (χ0n) is 17.8. The van der Waals surface area contributed by atoms with Crippen LogP contribution in [0.25, 0.3) is 17.1 Å². The molecule has 4 aromatic rings. The van der Waals surface area contributed by atoms with Crippen molar-refractivity contribution in [2.75, 3.05) is 0 Å². The molecule has 1 aliphatic heterocycles. The maximum absolute atomic E-state index is 5.52. The number of rotatable bonds is 2. The van der Waals surface area contributed by atoms with Gasteiger partial charge in [-0.3, -0.25) is 9.56 Å². The van der Waals surface area contributed by atoms with Crippen LogP contribution in [0.15, 0.2) is 76.9 Å². The number of hydrogen-bond donors (Lipinski definition) is 0. The number of hydrogen-bond acceptors (Lipinski definition) is 4. The summed E-state index contributed by atoms with van der Waals surface area (Å²) < 4.78 is 7.62. The van der Waals surface area contributed by atoms with Gasteiger partial charge in [-0.25, -0.2) is 9.97 Å². The molecule has 0 radical (unpaired) electrons. The van der Waals surface area contributed by atoms with Gasteiger partial charge in [0.05, 0.1) is 29.8 Å². The Hall–Kier alpha value is -3.69. The molecule has 5 nitrogen and oxygen atoms in total. The molecule has 3 heterocycles. The highest BCUT2D eigenvalue weighted by molar-refractivity contribution is 6.83. The monoisotopic (exact) mass is 422 g/mol. The maximum atomic E-state index is 5.52. The van der Waals surface area contributed by atoms with Crippen LogP contribution < -0.4 is 0 Å². The Morgan fingerprint density at radius 2 is 1.90 bits per heavy atom. The van der Waals surface area contributed by atoms with E-state index in [0.29, 0.717) is 12.3 Å². The van der Waals surface area contributed by atoms with Crippen LogP contribution in [0.4, 0.5) is 0 Å². The van der Waals surface area contributed by atoms with Gasteiger partial charge in [0, 0.05) is 16.7 Å². The minimum atomic E-state index is -1.47. The number of nitrogens with zero attached hydrogens (tertiary/aromatic N) is 4. The van der Waals surface area contributed by atoms with Gasteiger partial charge in [-0.15, -0.1) is 5.54 Å². The molecule has 0 amide bonds. The van der Waals surface area contributed by atoms with Crippen molar-refractivity contribution in [1.29, 1.82) is 0 Å². The Balaban J connectivity index is 1.71. The number of oxazole rings is 1. The lowest BCUT2D eigenvalue weighted by Crippen LogP contribution is -2.16. The van der Waals surface area contributed by atoms with Crippen LogP contribution in [0.5, 0.6) is 0 Å². The lowest BCUT2D eigenvalue weighted by molar-refractivity contribution is 0.569. The summed E-state index contributed by atoms with van der Waals surface area (Å²) in [6, 6.07) is 16.6. The van der Waals surface area contributed by atoms with Crippen LogP contribution in [-0.2, 0) is 6.54 Å². The molecule has 2 aromatic heterocycles. The molecule has 0 bridgehead atoms. The van der Waals surface area contributed by atoms with Crippen molar-refractivity contribution in [3.8, 4) is 28.6 Å². The first kappa shape index (κ1) is 19.3. The van der Waals surface area contributed by atoms with E-state index in [-0.39, 0.29) is 0 Å². The zero-order valence-corrected chi connectivity index (χ0v) is 18.8. The van der Waals surface area contributed by atoms with Gasteiger partial charge in [-0.05, 0) is 18.2 Å². The lowest BCUT2D eigenvalue weighted by atomic mass is 9.98. The van der Waals surface area contributed by atoms with E-state index >= 15 is 0 Å². The van der Waals surface area contributed by atoms with E-state index in [2.05, 4.69) is 76.0 Å². The molecular weight excluding hydrogens is 400 g/mol. The minimum absolute atomic E-state index is 0.491. The molecule has 0 atom stereocenters. The molecule has 5 rings (SSSR count). The fraction of sp³-hybridized carbons (Fsp3) is 0.160. The van der Waals surface area contributed by atoms with Crippen molar-refractivity contribution in [3.05, 3.63) is 89.8 Å². The standard InChI is InChI=1S/C25H22N4OSi/c1-31(2,3)12-11-18-9-10-21-20(13-18)24(19-7-5-4-6-8-19)27-14-22-25(28-16-29(21)22)23-15-26-17-30-23/h4-10,13,15-17H,14H2,1-3H3. The Bertz CT molecular complexity index is 1330. The van der Waals surface area contributed by atoms with Crippen molar-refractivity contribution in [2.45, 2.75) is 26.2 Å². The van der Waals surface area contributed by atoms with E-state index in [1.54, 1.807) is 6.20 Å². The van der Waals surface area contributed by atoms with Gasteiger partial charge in [0.1, 0.15) is 20.1 Å². The second-order valence-corrected chi connectivity index (χ2v) is 13.3. The van der Waals surface area contributed by atoms with Gasteiger partial charge in [0.15, 0.2) is 12.2 Å². The predicted molar refractivity (Wildman–Crippen MR) is 125 cm³/mol. The molecule has 0 spiro atoms. The van der Waals surface area contributed by atoms with Crippen molar-refractivity contribution in [1.82, 2.24) is 14.5 Å². The highest BCUT2D eigenvalue weighted by Crippen LogP contribution is 2.31. The van der Waals surface area contributed by atoms with Crippen LogP contribution in [0.2, 0.25) is 19.6 Å². The number of benzene rings is 2. The number of fused-ring (bicyclic) bond motifs is 3. The molecule has 0 saturated carbocycles. The Kier molecular flexibility index (Phi) is 4.68. The molecule has 0 unspecified atom stereocenters. The fourth-order valence-electron chi connectivity index (χ4n) is 3.63. The van der Waals surface area contributed by atoms with E-state index in [0.717, 1.165) is 39.5 Å². The first-order chi connectivity index (χ1) is 15.0. The predicted octanol–water partition coefficient (Wildman–Crippen LogP) is 5.11. The Morgan fingerprint density at radius 3 is 2.65 bits per heavy atom. The molecule has 0 fully saturated rings. The number of imidazole rings is 1. The van der Waals surface area contributed by atoms with Crippen molar-refractivity contribution in [3.63, 3.8) is 0 Å². The summed E-state index contributed by atoms with van der Waals surface area (Å²) in [5.41, 5.74) is 10.3. The average Bonchev–Trinajstić information content (AvgIpc) is 3.40. The van der Waals surface area contributed by atoms with Gasteiger partial charge in [-0.1, -0.05) is 55.9 Å². The molecule has 0 aliphatic carbocycles. The van der Waals surface area contributed by atoms with Gasteiger partial charge >= 0.3 is 0 Å². The van der Waals surface area contributed by atoms with E-state index in [1.165, 1.54) is 6.39 Å². The third kappa shape index (κ3) is 3.76. The minimum Gasteiger partial charge on any atom is -0.442 e. The number of aliphatic imine (C=N–C) groups is 1. The summed E-state index contributed by atoms with van der Waals surface area (Å²) in [4.78, 5) is 13.7. The van der Waals surface area contributed by atoms with Crippen LogP contribution in [0, 0.1) is 11.5 Å². The van der Waals surface area contributed by atoms with Crippen LogP contribution in [0.3, 0.4) is 0 Å². The summed E-state index contributed by atoms with van der Waals surface area (Å²) in [5.74, 6) is 4.03. The normalized spacial score (nSPS) is 12.8. The molecule has 6 heteroatoms. The topological polar surface area (TPSA) is 56.2 Å². The van der Waals surface area contributed by atoms with Crippen molar-refractivity contribution < 1.29 is 4.42 Å². The number of aromatic nitrogens is 3. The van der Waals surface area contributed by atoms with Gasteiger partial charge in [0.2, 0.25) is 0 Å². The summed E-state index contributed by atoms with van der Waals surface area (Å²) in [6.07, 6.45) is 4.95. The summed E-state index contributed by atoms with van der Waals surface area (Å²) in [6.45, 7) is 7.25. The molecular formula is C25H22N4OSi. The quantitative estimate of drug-likeness (QED) is 0.333. The lowest BCUT2D eigenvalue weighted by Gasteiger charge is -2.12. The first-order valence-electron chi connectivity index (χ1n) is 10.2. The van der Waals surface area contributed by atoms with Crippen LogP contribution in [-0.4, -0.2) is 28.3 Å². The van der Waals surface area contributed by atoms with E-state index < -0.39 is 8.07 Å². The Morgan fingerprint density at radius 1 is 1.06 bits per heavy atom.